The van der Waals surface area contributed by atoms with Crippen LogP contribution in [0.5, 0.6) is 0 Å². The third-order valence-corrected chi connectivity index (χ3v) is 6.39. The van der Waals surface area contributed by atoms with Crippen molar-refractivity contribution in [2.75, 3.05) is 6.61 Å². The Balaban J connectivity index is 1.80. The number of aryl methyl sites for hydroxylation is 1. The second kappa shape index (κ2) is 6.92. The van der Waals surface area contributed by atoms with Gasteiger partial charge in [0.05, 0.1) is 23.0 Å². The second-order valence-electron chi connectivity index (χ2n) is 8.07. The number of carbonyl (C=O) groups is 1. The van der Waals surface area contributed by atoms with Gasteiger partial charge in [0.1, 0.15) is 0 Å². The zero-order valence-electron chi connectivity index (χ0n) is 17.4. The third kappa shape index (κ3) is 2.66. The summed E-state index contributed by atoms with van der Waals surface area (Å²) in [7, 11) is 0. The van der Waals surface area contributed by atoms with E-state index in [2.05, 4.69) is 77.5 Å². The number of fused-ring (bicyclic) bond motifs is 9. The molecule has 3 nitrogen and oxygen atoms in total. The molecule has 31 heavy (non-hydrogen) atoms. The highest BCUT2D eigenvalue weighted by Gasteiger charge is 2.26. The quantitative estimate of drug-likeness (QED) is 0.162. The van der Waals surface area contributed by atoms with Crippen molar-refractivity contribution in [3.05, 3.63) is 90.3 Å². The summed E-state index contributed by atoms with van der Waals surface area (Å²) in [5, 5.41) is 7.16. The van der Waals surface area contributed by atoms with Crippen LogP contribution in [-0.4, -0.2) is 12.6 Å². The minimum absolute atomic E-state index is 0.233. The number of esters is 1. The molecule has 2 heterocycles. The molecule has 3 aromatic carbocycles. The number of hydrogen-bond acceptors (Lipinski definition) is 2. The van der Waals surface area contributed by atoms with E-state index in [-0.39, 0.29) is 5.97 Å². The van der Waals surface area contributed by atoms with Crippen LogP contribution < -0.4 is 4.40 Å². The first kappa shape index (κ1) is 18.1. The number of pyridine rings is 2. The van der Waals surface area contributed by atoms with Crippen molar-refractivity contribution in [1.29, 1.82) is 0 Å². The summed E-state index contributed by atoms with van der Waals surface area (Å²) < 4.78 is 7.61. The molecule has 1 aliphatic carbocycles. The van der Waals surface area contributed by atoms with Gasteiger partial charge in [-0.3, -0.25) is 0 Å². The third-order valence-electron chi connectivity index (χ3n) is 6.39. The topological polar surface area (TPSA) is 30.4 Å². The van der Waals surface area contributed by atoms with E-state index >= 15 is 0 Å². The Morgan fingerprint density at radius 3 is 2.55 bits per heavy atom. The molecule has 0 radical (unpaired) electrons. The zero-order chi connectivity index (χ0) is 20.9. The molecule has 0 saturated carbocycles. The SMILES string of the molecule is CCOC(=O)C1=CCCc2c1c1c[n+]3ccc4ccccc4c3cc1c1ccccc21. The van der Waals surface area contributed by atoms with Crippen molar-refractivity contribution in [1.82, 2.24) is 0 Å². The fourth-order valence-electron chi connectivity index (χ4n) is 5.07. The second-order valence-corrected chi connectivity index (χ2v) is 8.07. The van der Waals surface area contributed by atoms with E-state index < -0.39 is 0 Å². The molecule has 0 unspecified atom stereocenters. The van der Waals surface area contributed by atoms with Gasteiger partial charge in [-0.1, -0.05) is 48.5 Å². The minimum atomic E-state index is -0.233. The lowest BCUT2D eigenvalue weighted by molar-refractivity contribution is -0.509. The number of carbonyl (C=O) groups excluding carboxylic acids is 1. The molecular weight excluding hydrogens is 382 g/mol. The standard InChI is InChI=1S/C28H22NO2/c1-2-31-28(30)23-13-7-12-22-20-10-5-6-11-21(20)24-16-26-19-9-4-3-8-18(19)14-15-29(26)17-25(24)27(22)23/h3-6,8-11,13-17H,2,7,12H2,1H3/q+1. The Kier molecular flexibility index (Phi) is 4.03. The van der Waals surface area contributed by atoms with Crippen molar-refractivity contribution in [2.24, 2.45) is 0 Å². The van der Waals surface area contributed by atoms with Gasteiger partial charge in [-0.15, -0.1) is 0 Å². The normalized spacial score (nSPS) is 13.5. The van der Waals surface area contributed by atoms with Crippen molar-refractivity contribution in [2.45, 2.75) is 19.8 Å². The number of nitrogens with zero attached hydrogens (tertiary/aromatic N) is 1. The molecule has 5 aromatic rings. The van der Waals surface area contributed by atoms with E-state index in [1.165, 1.54) is 32.5 Å². The highest BCUT2D eigenvalue weighted by Crippen LogP contribution is 2.40. The summed E-state index contributed by atoms with van der Waals surface area (Å²) in [4.78, 5) is 12.9. The van der Waals surface area contributed by atoms with Crippen molar-refractivity contribution >= 4 is 49.4 Å². The monoisotopic (exact) mass is 404 g/mol. The molecule has 0 spiro atoms. The Hall–Kier alpha value is -3.72. The fraction of sp³-hybridized carbons (Fsp3) is 0.143. The van der Waals surface area contributed by atoms with Crippen molar-refractivity contribution in [3.8, 4) is 0 Å². The molecule has 0 aliphatic heterocycles. The van der Waals surface area contributed by atoms with E-state index in [0.717, 1.165) is 29.3 Å². The van der Waals surface area contributed by atoms with Gasteiger partial charge in [0.15, 0.2) is 12.4 Å². The van der Waals surface area contributed by atoms with Gasteiger partial charge >= 0.3 is 5.97 Å². The minimum Gasteiger partial charge on any atom is -0.462 e. The lowest BCUT2D eigenvalue weighted by Crippen LogP contribution is -2.22. The number of allylic oxidation sites excluding steroid dienone is 1. The largest absolute Gasteiger partial charge is 0.462 e. The number of rotatable bonds is 2. The smallest absolute Gasteiger partial charge is 0.338 e. The van der Waals surface area contributed by atoms with Gasteiger partial charge < -0.3 is 4.74 Å². The van der Waals surface area contributed by atoms with E-state index in [9.17, 15) is 4.79 Å². The Bertz CT molecular complexity index is 1560. The molecular formula is C28H22NO2+. The maximum Gasteiger partial charge on any atom is 0.338 e. The lowest BCUT2D eigenvalue weighted by Gasteiger charge is -2.21. The summed E-state index contributed by atoms with van der Waals surface area (Å²) in [6.45, 7) is 2.23. The number of benzene rings is 3. The molecule has 6 rings (SSSR count). The van der Waals surface area contributed by atoms with Crippen LogP contribution in [0.4, 0.5) is 0 Å². The molecule has 150 valence electrons. The molecule has 0 bridgehead atoms. The van der Waals surface area contributed by atoms with E-state index in [1.807, 2.05) is 13.0 Å². The van der Waals surface area contributed by atoms with Gasteiger partial charge in [-0.25, -0.2) is 4.79 Å². The first-order chi connectivity index (χ1) is 15.3. The van der Waals surface area contributed by atoms with Gasteiger partial charge in [-0.05, 0) is 47.6 Å². The summed E-state index contributed by atoms with van der Waals surface area (Å²) in [6, 6.07) is 21.4. The van der Waals surface area contributed by atoms with Crippen molar-refractivity contribution < 1.29 is 13.9 Å². The summed E-state index contributed by atoms with van der Waals surface area (Å²) >= 11 is 0. The average Bonchev–Trinajstić information content (AvgIpc) is 2.83. The van der Waals surface area contributed by atoms with Crippen LogP contribution in [0.3, 0.4) is 0 Å². The van der Waals surface area contributed by atoms with E-state index in [0.29, 0.717) is 12.2 Å². The average molecular weight is 404 g/mol. The maximum atomic E-state index is 12.9. The fourth-order valence-corrected chi connectivity index (χ4v) is 5.07. The molecule has 2 aromatic heterocycles. The van der Waals surface area contributed by atoms with Gasteiger partial charge in [0.2, 0.25) is 5.52 Å². The van der Waals surface area contributed by atoms with Crippen molar-refractivity contribution in [3.63, 3.8) is 0 Å². The molecule has 0 atom stereocenters. The maximum absolute atomic E-state index is 12.9. The van der Waals surface area contributed by atoms with Crippen LogP contribution in [0.25, 0.3) is 43.4 Å². The molecule has 0 amide bonds. The van der Waals surface area contributed by atoms with Crippen LogP contribution in [0.15, 0.2) is 79.1 Å². The first-order valence-corrected chi connectivity index (χ1v) is 10.8. The molecule has 0 N–H and O–H groups in total. The summed E-state index contributed by atoms with van der Waals surface area (Å²) in [6.07, 6.45) is 8.11. The number of aromatic nitrogens is 1. The van der Waals surface area contributed by atoms with Gasteiger partial charge in [0, 0.05) is 23.1 Å². The highest BCUT2D eigenvalue weighted by molar-refractivity contribution is 6.25. The molecule has 3 heteroatoms. The Labute approximate surface area is 180 Å². The van der Waals surface area contributed by atoms with Crippen LogP contribution in [-0.2, 0) is 16.0 Å². The molecule has 1 aliphatic rings. The first-order valence-electron chi connectivity index (χ1n) is 10.8. The lowest BCUT2D eigenvalue weighted by atomic mass is 9.83. The van der Waals surface area contributed by atoms with E-state index in [1.54, 1.807) is 0 Å². The molecule has 0 fully saturated rings. The van der Waals surface area contributed by atoms with E-state index in [4.69, 9.17) is 4.74 Å². The number of ether oxygens (including phenoxy) is 1. The summed E-state index contributed by atoms with van der Waals surface area (Å²) in [5.74, 6) is -0.233. The van der Waals surface area contributed by atoms with Crippen LogP contribution >= 0.6 is 0 Å². The predicted molar refractivity (Wildman–Crippen MR) is 125 cm³/mol. The van der Waals surface area contributed by atoms with Crippen LogP contribution in [0.1, 0.15) is 24.5 Å². The van der Waals surface area contributed by atoms with Gasteiger partial charge in [-0.2, -0.15) is 4.40 Å². The zero-order valence-corrected chi connectivity index (χ0v) is 17.4. The summed E-state index contributed by atoms with van der Waals surface area (Å²) in [5.41, 5.74) is 4.13. The highest BCUT2D eigenvalue weighted by atomic mass is 16.5. The van der Waals surface area contributed by atoms with Crippen LogP contribution in [0, 0.1) is 0 Å². The predicted octanol–water partition coefficient (Wildman–Crippen LogP) is 5.78. The van der Waals surface area contributed by atoms with Crippen LogP contribution in [0.2, 0.25) is 0 Å². The molecule has 0 saturated heterocycles. The Morgan fingerprint density at radius 1 is 0.935 bits per heavy atom. The number of hydrogen-bond donors (Lipinski definition) is 0. The van der Waals surface area contributed by atoms with Gasteiger partial charge in [0.25, 0.3) is 0 Å². The Morgan fingerprint density at radius 2 is 1.71 bits per heavy atom.